The normalized spacial score (nSPS) is 12.4. The standard InChI is InChI=1S/C15H15N3O2S/c1-20-13-4-2-3-5-14(13)21(19)9-15-17-11-7-6-10(16)8-12(11)18-15/h2-8H,9,16H2,1H3,(H,17,18). The molecule has 0 spiro atoms. The molecule has 1 heterocycles. The van der Waals surface area contributed by atoms with E-state index in [-0.39, 0.29) is 0 Å². The van der Waals surface area contributed by atoms with Crippen molar-refractivity contribution in [2.45, 2.75) is 10.6 Å². The maximum atomic E-state index is 12.5. The summed E-state index contributed by atoms with van der Waals surface area (Å²) in [6.45, 7) is 0. The van der Waals surface area contributed by atoms with Crippen LogP contribution in [0.1, 0.15) is 5.82 Å². The number of benzene rings is 2. The fourth-order valence-electron chi connectivity index (χ4n) is 2.16. The van der Waals surface area contributed by atoms with Gasteiger partial charge in [-0.2, -0.15) is 0 Å². The highest BCUT2D eigenvalue weighted by Gasteiger charge is 2.13. The monoisotopic (exact) mass is 301 g/mol. The van der Waals surface area contributed by atoms with Gasteiger partial charge in [-0.3, -0.25) is 4.21 Å². The summed E-state index contributed by atoms with van der Waals surface area (Å²) in [6.07, 6.45) is 0. The molecule has 3 rings (SSSR count). The summed E-state index contributed by atoms with van der Waals surface area (Å²) in [7, 11) is 0.342. The topological polar surface area (TPSA) is 81.0 Å². The zero-order chi connectivity index (χ0) is 14.8. The predicted octanol–water partition coefficient (Wildman–Crippen LogP) is 2.46. The van der Waals surface area contributed by atoms with Gasteiger partial charge < -0.3 is 15.5 Å². The number of H-pyrrole nitrogens is 1. The minimum absolute atomic E-state index is 0.301. The number of hydrogen-bond acceptors (Lipinski definition) is 4. The molecule has 21 heavy (non-hydrogen) atoms. The first-order chi connectivity index (χ1) is 10.2. The van der Waals surface area contributed by atoms with Crippen molar-refractivity contribution in [1.29, 1.82) is 0 Å². The summed E-state index contributed by atoms with van der Waals surface area (Å²) in [5.41, 5.74) is 8.07. The Hall–Kier alpha value is -2.34. The van der Waals surface area contributed by atoms with Crippen LogP contribution in [-0.2, 0) is 16.6 Å². The van der Waals surface area contributed by atoms with Crippen molar-refractivity contribution in [1.82, 2.24) is 9.97 Å². The maximum absolute atomic E-state index is 12.5. The van der Waals surface area contributed by atoms with Crippen LogP contribution in [0, 0.1) is 0 Å². The second-order valence-corrected chi connectivity index (χ2v) is 6.02. The zero-order valence-electron chi connectivity index (χ0n) is 11.5. The number of nitrogen functional groups attached to an aromatic ring is 1. The molecule has 0 saturated heterocycles. The second kappa shape index (κ2) is 5.57. The maximum Gasteiger partial charge on any atom is 0.134 e. The van der Waals surface area contributed by atoms with Gasteiger partial charge >= 0.3 is 0 Å². The molecule has 1 aromatic heterocycles. The fourth-order valence-corrected chi connectivity index (χ4v) is 3.30. The Bertz CT molecular complexity index is 814. The number of rotatable bonds is 4. The van der Waals surface area contributed by atoms with Gasteiger partial charge in [0, 0.05) is 5.69 Å². The highest BCUT2D eigenvalue weighted by molar-refractivity contribution is 7.84. The number of nitrogens with zero attached hydrogens (tertiary/aromatic N) is 1. The molecular formula is C15H15N3O2S. The molecule has 0 amide bonds. The Morgan fingerprint density at radius 3 is 2.90 bits per heavy atom. The van der Waals surface area contributed by atoms with Gasteiger partial charge in [0.05, 0.1) is 39.6 Å². The van der Waals surface area contributed by atoms with E-state index in [0.29, 0.717) is 27.9 Å². The summed E-state index contributed by atoms with van der Waals surface area (Å²) in [5, 5.41) is 0. The number of para-hydroxylation sites is 1. The molecule has 0 fully saturated rings. The highest BCUT2D eigenvalue weighted by atomic mass is 32.2. The first-order valence-electron chi connectivity index (χ1n) is 6.43. The van der Waals surface area contributed by atoms with E-state index in [4.69, 9.17) is 10.5 Å². The van der Waals surface area contributed by atoms with Crippen molar-refractivity contribution >= 4 is 27.5 Å². The van der Waals surface area contributed by atoms with E-state index in [1.807, 2.05) is 24.3 Å². The number of imidazole rings is 1. The van der Waals surface area contributed by atoms with Crippen molar-refractivity contribution in [3.63, 3.8) is 0 Å². The lowest BCUT2D eigenvalue weighted by Crippen LogP contribution is -2.00. The molecule has 1 atom stereocenters. The molecule has 0 aliphatic heterocycles. The Balaban J connectivity index is 1.89. The van der Waals surface area contributed by atoms with Crippen molar-refractivity contribution in [2.24, 2.45) is 0 Å². The van der Waals surface area contributed by atoms with Crippen molar-refractivity contribution in [3.8, 4) is 5.75 Å². The van der Waals surface area contributed by atoms with Gasteiger partial charge in [0.25, 0.3) is 0 Å². The molecule has 5 nitrogen and oxygen atoms in total. The van der Waals surface area contributed by atoms with Crippen molar-refractivity contribution in [2.75, 3.05) is 12.8 Å². The Kier molecular flexibility index (Phi) is 3.62. The Labute approximate surface area is 124 Å². The smallest absolute Gasteiger partial charge is 0.134 e. The molecule has 0 aliphatic carbocycles. The third kappa shape index (κ3) is 2.75. The van der Waals surface area contributed by atoms with Crippen LogP contribution in [-0.4, -0.2) is 21.3 Å². The van der Waals surface area contributed by atoms with Gasteiger partial charge in [0.15, 0.2) is 0 Å². The average Bonchev–Trinajstić information content (AvgIpc) is 2.88. The molecule has 0 bridgehead atoms. The van der Waals surface area contributed by atoms with Gasteiger partial charge in [-0.1, -0.05) is 12.1 Å². The van der Waals surface area contributed by atoms with Crippen LogP contribution in [0.25, 0.3) is 11.0 Å². The molecule has 3 N–H and O–H groups in total. The lowest BCUT2D eigenvalue weighted by Gasteiger charge is -2.06. The second-order valence-electron chi connectivity index (χ2n) is 4.60. The first kappa shape index (κ1) is 13.6. The van der Waals surface area contributed by atoms with E-state index in [9.17, 15) is 4.21 Å². The van der Waals surface area contributed by atoms with Gasteiger partial charge in [-0.15, -0.1) is 0 Å². The number of hydrogen-bond donors (Lipinski definition) is 2. The summed E-state index contributed by atoms with van der Waals surface area (Å²) in [5.74, 6) is 1.59. The number of ether oxygens (including phenoxy) is 1. The van der Waals surface area contributed by atoms with E-state index < -0.39 is 10.8 Å². The molecule has 1 unspecified atom stereocenters. The molecule has 3 aromatic rings. The largest absolute Gasteiger partial charge is 0.495 e. The Morgan fingerprint density at radius 2 is 2.10 bits per heavy atom. The molecular weight excluding hydrogens is 286 g/mol. The molecule has 0 aliphatic rings. The van der Waals surface area contributed by atoms with Gasteiger partial charge in [0.1, 0.15) is 11.6 Å². The summed E-state index contributed by atoms with van der Waals surface area (Å²) in [6, 6.07) is 12.7. The minimum atomic E-state index is -1.23. The first-order valence-corrected chi connectivity index (χ1v) is 7.75. The number of aromatic amines is 1. The van der Waals surface area contributed by atoms with E-state index in [0.717, 1.165) is 11.0 Å². The fraction of sp³-hybridized carbons (Fsp3) is 0.133. The van der Waals surface area contributed by atoms with E-state index in [2.05, 4.69) is 9.97 Å². The molecule has 0 saturated carbocycles. The van der Waals surface area contributed by atoms with Crippen LogP contribution in [0.3, 0.4) is 0 Å². The Morgan fingerprint density at radius 1 is 1.29 bits per heavy atom. The lowest BCUT2D eigenvalue weighted by molar-refractivity contribution is 0.404. The minimum Gasteiger partial charge on any atom is -0.495 e. The van der Waals surface area contributed by atoms with Crippen LogP contribution in [0.2, 0.25) is 0 Å². The quantitative estimate of drug-likeness (QED) is 0.725. The number of anilines is 1. The van der Waals surface area contributed by atoms with Crippen molar-refractivity contribution < 1.29 is 8.95 Å². The van der Waals surface area contributed by atoms with Crippen LogP contribution >= 0.6 is 0 Å². The summed E-state index contributed by atoms with van der Waals surface area (Å²) >= 11 is 0. The van der Waals surface area contributed by atoms with Gasteiger partial charge in [-0.05, 0) is 30.3 Å². The van der Waals surface area contributed by atoms with Crippen LogP contribution in [0.15, 0.2) is 47.4 Å². The summed E-state index contributed by atoms with van der Waals surface area (Å²) < 4.78 is 17.7. The third-order valence-corrected chi connectivity index (χ3v) is 4.50. The van der Waals surface area contributed by atoms with E-state index in [1.54, 1.807) is 25.3 Å². The number of fused-ring (bicyclic) bond motifs is 1. The van der Waals surface area contributed by atoms with Crippen molar-refractivity contribution in [3.05, 3.63) is 48.3 Å². The zero-order valence-corrected chi connectivity index (χ0v) is 12.3. The van der Waals surface area contributed by atoms with Crippen LogP contribution in [0.4, 0.5) is 5.69 Å². The number of nitrogens with two attached hydrogens (primary N) is 1. The third-order valence-electron chi connectivity index (χ3n) is 3.14. The average molecular weight is 301 g/mol. The SMILES string of the molecule is COc1ccccc1S(=O)Cc1nc2ccc(N)cc2[nH]1. The van der Waals surface area contributed by atoms with E-state index in [1.165, 1.54) is 0 Å². The molecule has 2 aromatic carbocycles. The number of nitrogens with one attached hydrogen (secondary N) is 1. The van der Waals surface area contributed by atoms with Crippen LogP contribution < -0.4 is 10.5 Å². The summed E-state index contributed by atoms with van der Waals surface area (Å²) in [4.78, 5) is 8.25. The number of aromatic nitrogens is 2. The van der Waals surface area contributed by atoms with E-state index >= 15 is 0 Å². The molecule has 0 radical (unpaired) electrons. The van der Waals surface area contributed by atoms with Gasteiger partial charge in [0.2, 0.25) is 0 Å². The lowest BCUT2D eigenvalue weighted by atomic mass is 10.3. The predicted molar refractivity (Wildman–Crippen MR) is 83.6 cm³/mol. The molecule has 108 valence electrons. The number of methoxy groups -OCH3 is 1. The molecule has 6 heteroatoms. The van der Waals surface area contributed by atoms with Gasteiger partial charge in [-0.25, -0.2) is 4.98 Å². The highest BCUT2D eigenvalue weighted by Crippen LogP contribution is 2.23. The van der Waals surface area contributed by atoms with Crippen LogP contribution in [0.5, 0.6) is 5.75 Å².